The molecule has 0 atom stereocenters. The van der Waals surface area contributed by atoms with Gasteiger partial charge in [0.25, 0.3) is 10.9 Å². The molecule has 0 aliphatic carbocycles. The summed E-state index contributed by atoms with van der Waals surface area (Å²) in [6, 6.07) is 0. The van der Waals surface area contributed by atoms with Gasteiger partial charge in [-0.15, -0.1) is 0 Å². The first-order valence-corrected chi connectivity index (χ1v) is 5.62. The van der Waals surface area contributed by atoms with Crippen molar-refractivity contribution in [2.45, 2.75) is 33.6 Å². The van der Waals surface area contributed by atoms with E-state index in [1.54, 1.807) is 7.05 Å². The average Bonchev–Trinajstić information content (AvgIpc) is 2.20. The fraction of sp³-hybridized carbons (Fsp3) is 0.667. The van der Waals surface area contributed by atoms with Gasteiger partial charge in [0.15, 0.2) is 0 Å². The van der Waals surface area contributed by atoms with E-state index >= 15 is 0 Å². The van der Waals surface area contributed by atoms with Crippen LogP contribution in [0.1, 0.15) is 33.6 Å². The summed E-state index contributed by atoms with van der Waals surface area (Å²) >= 11 is 0. The highest BCUT2D eigenvalue weighted by molar-refractivity contribution is 5.73. The fourth-order valence-electron chi connectivity index (χ4n) is 1.63. The van der Waals surface area contributed by atoms with Crippen LogP contribution in [0.5, 0.6) is 0 Å². The molecule has 0 radical (unpaired) electrons. The van der Waals surface area contributed by atoms with Crippen LogP contribution in [0.4, 0.5) is 11.4 Å². The number of hydrogen-bond donors (Lipinski definition) is 2. The van der Waals surface area contributed by atoms with E-state index in [2.05, 4.69) is 31.4 Å². The van der Waals surface area contributed by atoms with Gasteiger partial charge in [-0.3, -0.25) is 9.59 Å². The van der Waals surface area contributed by atoms with Crippen molar-refractivity contribution in [3.8, 4) is 0 Å². The minimum atomic E-state index is -0.416. The summed E-state index contributed by atoms with van der Waals surface area (Å²) in [6.45, 7) is 7.28. The van der Waals surface area contributed by atoms with Gasteiger partial charge in [-0.2, -0.15) is 0 Å². The maximum absolute atomic E-state index is 11.2. The molecule has 1 rings (SSSR count). The van der Waals surface area contributed by atoms with E-state index in [0.29, 0.717) is 16.8 Å². The Hall–Kier alpha value is -1.32. The Morgan fingerprint density at radius 3 is 2.12 bits per heavy atom. The third-order valence-electron chi connectivity index (χ3n) is 2.57. The summed E-state index contributed by atoms with van der Waals surface area (Å²) in [5.74, 6) is 0. The van der Waals surface area contributed by atoms with E-state index in [1.807, 2.05) is 0 Å². The van der Waals surface area contributed by atoms with E-state index in [9.17, 15) is 9.59 Å². The average molecular weight is 224 g/mol. The van der Waals surface area contributed by atoms with Crippen LogP contribution < -0.4 is 21.5 Å². The lowest BCUT2D eigenvalue weighted by molar-refractivity contribution is 0.370. The van der Waals surface area contributed by atoms with Crippen molar-refractivity contribution < 1.29 is 0 Å². The van der Waals surface area contributed by atoms with Gasteiger partial charge in [-0.05, 0) is 18.3 Å². The number of rotatable bonds is 5. The van der Waals surface area contributed by atoms with Crippen LogP contribution in [0.15, 0.2) is 9.59 Å². The highest BCUT2D eigenvalue weighted by Crippen LogP contribution is 2.20. The second-order valence-electron chi connectivity index (χ2n) is 5.25. The van der Waals surface area contributed by atoms with Gasteiger partial charge < -0.3 is 10.6 Å². The van der Waals surface area contributed by atoms with Gasteiger partial charge in [0.1, 0.15) is 11.4 Å². The molecule has 90 valence electrons. The van der Waals surface area contributed by atoms with E-state index in [0.717, 1.165) is 19.4 Å². The predicted molar refractivity (Wildman–Crippen MR) is 68.1 cm³/mol. The molecule has 0 heterocycles. The summed E-state index contributed by atoms with van der Waals surface area (Å²) in [4.78, 5) is 22.3. The first kappa shape index (κ1) is 12.7. The van der Waals surface area contributed by atoms with Crippen LogP contribution in [-0.2, 0) is 0 Å². The lowest BCUT2D eigenvalue weighted by Gasteiger charge is -2.18. The molecule has 0 saturated carbocycles. The quantitative estimate of drug-likeness (QED) is 0.588. The van der Waals surface area contributed by atoms with Crippen molar-refractivity contribution in [2.75, 3.05) is 24.2 Å². The zero-order valence-electron chi connectivity index (χ0n) is 10.4. The zero-order valence-corrected chi connectivity index (χ0v) is 10.4. The van der Waals surface area contributed by atoms with Crippen LogP contribution in [0, 0.1) is 5.41 Å². The van der Waals surface area contributed by atoms with Crippen molar-refractivity contribution in [3.63, 3.8) is 0 Å². The third-order valence-corrected chi connectivity index (χ3v) is 2.57. The fourth-order valence-corrected chi connectivity index (χ4v) is 1.63. The molecular formula is C12H20N2O2. The molecule has 4 nitrogen and oxygen atoms in total. The monoisotopic (exact) mass is 224 g/mol. The Labute approximate surface area is 95.8 Å². The second kappa shape index (κ2) is 4.68. The lowest BCUT2D eigenvalue weighted by atomic mass is 9.90. The third kappa shape index (κ3) is 2.84. The Balaban J connectivity index is 2.42. The summed E-state index contributed by atoms with van der Waals surface area (Å²) < 4.78 is 0. The van der Waals surface area contributed by atoms with E-state index < -0.39 is 10.9 Å². The molecule has 0 spiro atoms. The minimum Gasteiger partial charge on any atom is -0.383 e. The molecule has 1 aromatic rings. The van der Waals surface area contributed by atoms with Crippen LogP contribution in [-0.4, -0.2) is 13.6 Å². The molecule has 0 amide bonds. The molecule has 0 bridgehead atoms. The van der Waals surface area contributed by atoms with Gasteiger partial charge in [-0.25, -0.2) is 0 Å². The van der Waals surface area contributed by atoms with Crippen LogP contribution in [0.2, 0.25) is 0 Å². The van der Waals surface area contributed by atoms with Crippen molar-refractivity contribution >= 4 is 11.4 Å². The largest absolute Gasteiger partial charge is 0.383 e. The number of anilines is 2. The van der Waals surface area contributed by atoms with Crippen LogP contribution in [0.3, 0.4) is 0 Å². The van der Waals surface area contributed by atoms with Crippen molar-refractivity contribution in [1.29, 1.82) is 0 Å². The Kier molecular flexibility index (Phi) is 3.73. The molecule has 2 N–H and O–H groups in total. The Morgan fingerprint density at radius 2 is 1.62 bits per heavy atom. The molecule has 0 unspecified atom stereocenters. The van der Waals surface area contributed by atoms with Crippen LogP contribution in [0.25, 0.3) is 0 Å². The molecule has 0 aromatic heterocycles. The summed E-state index contributed by atoms with van der Waals surface area (Å²) in [5.41, 5.74) is 0.351. The molecule has 0 saturated heterocycles. The molecule has 0 fully saturated rings. The van der Waals surface area contributed by atoms with Gasteiger partial charge >= 0.3 is 0 Å². The number of nitrogens with one attached hydrogen (secondary N) is 2. The SMILES string of the molecule is CNc1c(NCCCC(C)(C)C)c(=O)c1=O. The maximum Gasteiger partial charge on any atom is 0.253 e. The minimum absolute atomic E-state index is 0.307. The first-order chi connectivity index (χ1) is 7.37. The van der Waals surface area contributed by atoms with Gasteiger partial charge in [0, 0.05) is 13.6 Å². The second-order valence-corrected chi connectivity index (χ2v) is 5.25. The smallest absolute Gasteiger partial charge is 0.253 e. The predicted octanol–water partition coefficient (Wildman–Crippen LogP) is 1.56. The Bertz CT molecular complexity index is 423. The molecule has 0 aliphatic heterocycles. The zero-order chi connectivity index (χ0) is 12.3. The van der Waals surface area contributed by atoms with E-state index in [1.165, 1.54) is 0 Å². The topological polar surface area (TPSA) is 58.2 Å². The first-order valence-electron chi connectivity index (χ1n) is 5.62. The van der Waals surface area contributed by atoms with Crippen molar-refractivity contribution in [1.82, 2.24) is 0 Å². The Morgan fingerprint density at radius 1 is 1.06 bits per heavy atom. The summed E-state index contributed by atoms with van der Waals surface area (Å²) in [7, 11) is 1.65. The summed E-state index contributed by atoms with van der Waals surface area (Å²) in [5, 5.41) is 5.76. The van der Waals surface area contributed by atoms with Gasteiger partial charge in [0.2, 0.25) is 0 Å². The highest BCUT2D eigenvalue weighted by atomic mass is 16.2. The lowest BCUT2D eigenvalue weighted by Crippen LogP contribution is -2.37. The van der Waals surface area contributed by atoms with Crippen molar-refractivity contribution in [2.24, 2.45) is 5.41 Å². The van der Waals surface area contributed by atoms with E-state index in [4.69, 9.17) is 0 Å². The van der Waals surface area contributed by atoms with Gasteiger partial charge in [-0.1, -0.05) is 20.8 Å². The number of hydrogen-bond acceptors (Lipinski definition) is 4. The van der Waals surface area contributed by atoms with Gasteiger partial charge in [0.05, 0.1) is 0 Å². The standard InChI is InChI=1S/C12H20N2O2/c1-12(2,3)6-5-7-14-9-8(13-4)10(15)11(9)16/h13-14H,5-7H2,1-4H3. The van der Waals surface area contributed by atoms with E-state index in [-0.39, 0.29) is 0 Å². The summed E-state index contributed by atoms with van der Waals surface area (Å²) in [6.07, 6.45) is 2.08. The maximum atomic E-state index is 11.2. The molecule has 16 heavy (non-hydrogen) atoms. The van der Waals surface area contributed by atoms with Crippen LogP contribution >= 0.6 is 0 Å². The molecule has 0 aliphatic rings. The molecule has 4 heteroatoms. The highest BCUT2D eigenvalue weighted by Gasteiger charge is 2.19. The molecular weight excluding hydrogens is 204 g/mol. The van der Waals surface area contributed by atoms with Crippen molar-refractivity contribution in [3.05, 3.63) is 20.4 Å². The normalized spacial score (nSPS) is 11.8. The molecule has 1 aromatic carbocycles.